The van der Waals surface area contributed by atoms with Gasteiger partial charge in [-0.2, -0.15) is 35.7 Å². The maximum absolute atomic E-state index is 12.2. The Balaban J connectivity index is -0.0000000429. The fraction of sp³-hybridized carbons (Fsp3) is 0.186. The third-order valence-electron chi connectivity index (χ3n) is 11.9. The van der Waals surface area contributed by atoms with Crippen molar-refractivity contribution in [2.75, 3.05) is 73.7 Å². The van der Waals surface area contributed by atoms with Gasteiger partial charge < -0.3 is 153 Å². The van der Waals surface area contributed by atoms with Crippen LogP contribution in [-0.2, 0) is 121 Å². The summed E-state index contributed by atoms with van der Waals surface area (Å²) in [5, 5.41) is 7.94. The third kappa shape index (κ3) is 118. The second kappa shape index (κ2) is 125. The predicted octanol–water partition coefficient (Wildman–Crippen LogP) is 18.2. The van der Waals surface area contributed by atoms with Crippen LogP contribution in [0.15, 0.2) is 288 Å². The van der Waals surface area contributed by atoms with Gasteiger partial charge in [0.1, 0.15) is 28.6 Å². The molecule has 6 rings (SSSR count). The number of nitrogens with zero attached hydrogens (tertiary/aromatic N) is 1. The van der Waals surface area contributed by atoms with Gasteiger partial charge in [0.25, 0.3) is 0 Å². The molecule has 0 aromatic heterocycles. The van der Waals surface area contributed by atoms with Crippen LogP contribution < -0.4 is 0 Å². The van der Waals surface area contributed by atoms with E-state index in [1.807, 2.05) is 121 Å². The zero-order valence-corrected chi connectivity index (χ0v) is 175. The van der Waals surface area contributed by atoms with Crippen LogP contribution in [0.3, 0.4) is 0 Å². The van der Waals surface area contributed by atoms with E-state index in [0.29, 0.717) is 23.1 Å². The largest absolute Gasteiger partial charge is 0.522 e. The van der Waals surface area contributed by atoms with E-state index in [0.717, 1.165) is 57.1 Å². The van der Waals surface area contributed by atoms with E-state index >= 15 is 0 Å². The average molecular weight is 6010 g/mol. The van der Waals surface area contributed by atoms with Crippen molar-refractivity contribution < 1.29 is 132 Å². The van der Waals surface area contributed by atoms with E-state index in [1.165, 1.54) is 11.1 Å². The van der Waals surface area contributed by atoms with E-state index in [9.17, 15) is 75.1 Å². The molecule has 756 valence electrons. The number of hydrogen-bond acceptors (Lipinski definition) is 25. The zero-order valence-electron chi connectivity index (χ0n) is 82.8. The van der Waals surface area contributed by atoms with Crippen LogP contribution in [0.4, 0.5) is 17.6 Å². The summed E-state index contributed by atoms with van der Waals surface area (Å²) in [4.78, 5) is 124. The molecule has 1 aliphatic rings. The van der Waals surface area contributed by atoms with Gasteiger partial charge in [0.05, 0.1) is 25.9 Å². The van der Waals surface area contributed by atoms with Gasteiger partial charge in [0.15, 0.2) is 0 Å². The second-order valence-electron chi connectivity index (χ2n) is 21.2. The maximum atomic E-state index is 12.2. The second-order valence-corrected chi connectivity index (χ2v) is 21.6. The van der Waals surface area contributed by atoms with Gasteiger partial charge in [-0.15, -0.1) is 0 Å². The molecule has 1 fully saturated rings. The van der Waals surface area contributed by atoms with Crippen molar-refractivity contribution in [2.24, 2.45) is 0 Å². The molecule has 0 heterocycles. The minimum absolute atomic E-state index is 0. The molecule has 5 aromatic rings. The molecule has 0 amide bonds. The molecule has 0 N–H and O–H groups in total. The predicted molar refractivity (Wildman–Crippen MR) is 483 cm³/mol. The first-order valence-corrected chi connectivity index (χ1v) is 36.2. The summed E-state index contributed by atoms with van der Waals surface area (Å²) in [7, 11) is 2.18. The number of rotatable bonds is 26. The Hall–Kier alpha value is -29.9. The molecule has 1 saturated carbocycles. The molecule has 46 heteroatoms. The molecular formula is C97H114Cf3ClF4NO24Rf13-14. The number of nitriles is 1. The van der Waals surface area contributed by atoms with Crippen LogP contribution in [0.25, 0.3) is 16.7 Å². The molecule has 0 aliphatic heterocycles. The molecule has 0 radical (unpaired) electrons. The molecule has 0 atom stereocenters. The summed E-state index contributed by atoms with van der Waals surface area (Å²) in [6.07, 6.45) is 11.2. The van der Waals surface area contributed by atoms with Crippen LogP contribution in [0, 0.1) is 107 Å². The zero-order chi connectivity index (χ0) is 97.3. The molecule has 143 heavy (non-hydrogen) atoms. The van der Waals surface area contributed by atoms with Crippen molar-refractivity contribution in [1.82, 2.24) is 0 Å². The molecule has 0 bridgehead atoms. The van der Waals surface area contributed by atoms with Crippen molar-refractivity contribution in [1.29, 1.82) is 5.26 Å². The van der Waals surface area contributed by atoms with E-state index in [2.05, 4.69) is 239 Å². The summed E-state index contributed by atoms with van der Waals surface area (Å²) in [6.45, 7) is 69.4. The number of esters is 12. The van der Waals surface area contributed by atoms with Gasteiger partial charge in [-0.25, -0.2) is 47.9 Å². The van der Waals surface area contributed by atoms with Crippen LogP contribution in [-0.4, -0.2) is 151 Å². The van der Waals surface area contributed by atoms with E-state index < -0.39 is 83.0 Å². The van der Waals surface area contributed by atoms with Crippen molar-refractivity contribution in [3.8, 4) is 17.2 Å². The van der Waals surface area contributed by atoms with Crippen LogP contribution in [0.2, 0.25) is 0 Å². The van der Waals surface area contributed by atoms with Gasteiger partial charge in [-0.05, 0) is 101 Å². The Morgan fingerprint density at radius 2 is 0.664 bits per heavy atom. The van der Waals surface area contributed by atoms with Crippen molar-refractivity contribution in [2.45, 2.75) is 45.1 Å². The number of ether oxygens (including phenoxy) is 12. The van der Waals surface area contributed by atoms with Crippen molar-refractivity contribution >= 4 is 88.8 Å². The number of methoxy groups -OCH3 is 2. The fourth-order valence-corrected chi connectivity index (χ4v) is 6.43. The summed E-state index contributed by atoms with van der Waals surface area (Å²) in [5.41, 5.74) is 5.42. The first kappa shape index (κ1) is 187. The number of benzene rings is 5. The van der Waals surface area contributed by atoms with E-state index in [4.69, 9.17) is 31.1 Å². The Morgan fingerprint density at radius 1 is 0.399 bits per heavy atom. The Labute approximate surface area is 753 Å². The third-order valence-corrected chi connectivity index (χ3v) is 12.1. The normalized spacial score (nSPS) is 8.22. The van der Waals surface area contributed by atoms with Crippen LogP contribution >= 0.6 is 11.6 Å². The Bertz CT molecular complexity index is 3960. The summed E-state index contributed by atoms with van der Waals surface area (Å²) < 4.78 is 98.7. The number of hydrogen-bond donors (Lipinski definition) is 0. The summed E-state index contributed by atoms with van der Waals surface area (Å²) in [6, 6.07) is 53.2. The standard InChI is InChI=1S/C12H13O2.C12H10.C11H11O2.C9H12FO2.C6H6NO2.C6H9O2.C6H6.C5H6ClO2.C5H6FO2.C5H7O2.2C5H6O2.2C4H5FO2.2CH3.3Cf.13Rf/c1-3-14-12(13)10(2)9-11-7-5-4-6-8-11;1-3-7-11(8-4-1)12-9-5-2-6-10-12;1-3-13-11(12)9(2)10-7-5-4-6-8-10;1-7(10)9(11)12-8-5-3-2-4-6-8;1-3-9-6(8)5(2)4-7;1-4-8-6(7)5(2)3;1-2-4-6-5-3-1;2*1-3-8-5(7)4(2)6;3*1-3-5(6)7-4-2;2*1-3(5)4(6)7-2;;;;;;;;;;;;;;;;;;/h4-8H,1-3,9H2;1-10H;4-8H,1-3H2;2,8H,1,3-6H2;1-3H2;1-2,4H2,3H3;1-6H;2*1-3H2;3H,1-2,4H2;2*1-2,4H2;2*1H2,2H3;2*1H3;;;;;;;;;;;;;;;;/q-1;;4*-1;;3*-1;2*-2;;;2*-1;;;;;;;;;;;;;;;;. The van der Waals surface area contributed by atoms with E-state index in [1.54, 1.807) is 13.0 Å². The number of carbonyl (C=O) groups excluding carboxylic acids is 12. The first-order valence-electron chi connectivity index (χ1n) is 35.8. The SMILES string of the molecule is C=C(C#N)C(=O)OC[CH2-].C=C(C(=O)OC[CH2-])c1ccccc1.C=C(C)C(=O)OC[CH2-].C=C(Cc1ccccc1)C(=O)OC[CH2-].C=C(Cl)C(=O)OC[CH2-].C=C(F)C(=O)OC.C=C(F)C(=O)OC.C=C(F)C(=O)OC1CC[CH-]CC1.C=C(F)C(=O)OC[CH2-].C=CC(=O)OC[CH2-].C=[C-]C(=O)OC[CH2-].C=[C-]C(=O)OC[CH2-].[CH3-].[CH3-].[Cf].[Cf].[Cf].[Rf].[Rf].[Rf].[Rf].[Rf].[Rf].[Rf].[Rf].[Rf].[Rf].[Rf].[Rf].[Rf].c1ccc(-c2ccccc2)cc1.c1ccccc1. The fourth-order valence-electron chi connectivity index (χ4n) is 6.37. The minimum Gasteiger partial charge on any atom is -0.522 e. The molecule has 1 aliphatic carbocycles. The number of carbonyl (C=O) groups is 12. The molecule has 0 saturated heterocycles. The quantitative estimate of drug-likeness (QED) is 0.0124. The summed E-state index contributed by atoms with van der Waals surface area (Å²) in [5.74, 6) is -12.2. The van der Waals surface area contributed by atoms with Gasteiger partial charge in [-0.3, -0.25) is 22.7 Å². The monoisotopic (exact) mass is 6010 g/mol. The van der Waals surface area contributed by atoms with Crippen LogP contribution in [0.1, 0.15) is 43.7 Å². The first-order chi connectivity index (χ1) is 59.2. The van der Waals surface area contributed by atoms with Crippen LogP contribution in [0.5, 0.6) is 0 Å². The molecule has 0 spiro atoms. The maximum Gasteiger partial charge on any atom is 0.366 e. The minimum atomic E-state index is -1.09. The Morgan fingerprint density at radius 3 is 0.888 bits per heavy atom. The average Bonchev–Trinajstić information content (AvgIpc) is 0.889. The number of halogens is 5. The van der Waals surface area contributed by atoms with Crippen molar-refractivity contribution in [3.63, 3.8) is 0 Å². The molecular weight excluding hydrogens is 5900 g/mol. The van der Waals surface area contributed by atoms with Gasteiger partial charge in [0.2, 0.25) is 23.3 Å². The molecule has 5 aromatic carbocycles. The summed E-state index contributed by atoms with van der Waals surface area (Å²) >= 11 is 5.11. The van der Waals surface area contributed by atoms with Gasteiger partial charge in [0, 0.05) is 23.6 Å². The molecule has 0 unspecified atom stereocenters. The Kier molecular flexibility index (Phi) is 164. The van der Waals surface area contributed by atoms with E-state index in [-0.39, 0.29) is 103 Å². The van der Waals surface area contributed by atoms with Crippen molar-refractivity contribution in [3.05, 3.63) is 395 Å². The van der Waals surface area contributed by atoms with Gasteiger partial charge >= 0.3 is 59.7 Å². The smallest absolute Gasteiger partial charge is 0.366 e. The topological polar surface area (TPSA) is 339 Å². The van der Waals surface area contributed by atoms with Gasteiger partial charge in [-0.1, -0.05) is 235 Å². The molecule has 25 nitrogen and oxygen atoms in total.